The molecule has 0 radical (unpaired) electrons. The number of methoxy groups -OCH3 is 1. The van der Waals surface area contributed by atoms with E-state index in [0.29, 0.717) is 25.3 Å². The van der Waals surface area contributed by atoms with Gasteiger partial charge < -0.3 is 19.5 Å². The molecule has 0 unspecified atom stereocenters. The normalized spacial score (nSPS) is 14.4. The lowest BCUT2D eigenvalue weighted by Gasteiger charge is -2.36. The highest BCUT2D eigenvalue weighted by atomic mass is 19.1. The number of aromatic amines is 1. The molecule has 0 aliphatic carbocycles. The van der Waals surface area contributed by atoms with Crippen molar-refractivity contribution in [3.05, 3.63) is 59.5 Å². The molecule has 1 N–H and O–H groups in total. The fourth-order valence-corrected chi connectivity index (χ4v) is 4.36. The first-order chi connectivity index (χ1) is 15.5. The molecule has 1 saturated heterocycles. The van der Waals surface area contributed by atoms with Gasteiger partial charge in [0.15, 0.2) is 0 Å². The summed E-state index contributed by atoms with van der Waals surface area (Å²) in [6, 6.07) is 12.7. The number of H-pyrrole nitrogens is 1. The zero-order valence-corrected chi connectivity index (χ0v) is 19.0. The topological polar surface area (TPSA) is 51.8 Å². The molecule has 32 heavy (non-hydrogen) atoms. The minimum absolute atomic E-state index is 0.0156. The van der Waals surface area contributed by atoms with Crippen molar-refractivity contribution in [3.8, 4) is 5.75 Å². The average Bonchev–Trinajstić information content (AvgIpc) is 3.19. The van der Waals surface area contributed by atoms with Crippen LogP contribution in [0.2, 0.25) is 0 Å². The van der Waals surface area contributed by atoms with Gasteiger partial charge in [-0.3, -0.25) is 9.69 Å². The smallest absolute Gasteiger partial charge is 0.270 e. The minimum atomic E-state index is -0.288. The van der Waals surface area contributed by atoms with Crippen LogP contribution in [0.4, 0.5) is 10.1 Å². The quantitative estimate of drug-likeness (QED) is 0.603. The second-order valence-corrected chi connectivity index (χ2v) is 8.11. The average molecular weight is 439 g/mol. The van der Waals surface area contributed by atoms with Crippen molar-refractivity contribution in [3.63, 3.8) is 0 Å². The van der Waals surface area contributed by atoms with Gasteiger partial charge in [0, 0.05) is 54.9 Å². The minimum Gasteiger partial charge on any atom is -0.497 e. The number of rotatable bonds is 7. The summed E-state index contributed by atoms with van der Waals surface area (Å²) < 4.78 is 19.2. The molecule has 0 saturated carbocycles. The Morgan fingerprint density at radius 2 is 1.75 bits per heavy atom. The Labute approximate surface area is 188 Å². The molecule has 0 atom stereocenters. The van der Waals surface area contributed by atoms with Gasteiger partial charge in [0.1, 0.15) is 17.3 Å². The number of piperazine rings is 1. The molecule has 0 spiro atoms. The standard InChI is InChI=1S/C25H31FN4O2/c1-4-28(5-2)17-22-21-16-18(26)6-11-23(21)27-24(22)25(31)30-14-12-29(13-15-30)19-7-9-20(32-3)10-8-19/h6-11,16,27H,4-5,12-15,17H2,1-3H3. The number of amides is 1. The van der Waals surface area contributed by atoms with Crippen molar-refractivity contribution in [1.82, 2.24) is 14.8 Å². The van der Waals surface area contributed by atoms with Crippen LogP contribution in [0.5, 0.6) is 5.75 Å². The molecule has 1 amide bonds. The summed E-state index contributed by atoms with van der Waals surface area (Å²) in [6.45, 7) is 9.34. The summed E-state index contributed by atoms with van der Waals surface area (Å²) in [5.41, 5.74) is 3.39. The molecule has 170 valence electrons. The van der Waals surface area contributed by atoms with Gasteiger partial charge in [-0.25, -0.2) is 4.39 Å². The van der Waals surface area contributed by atoms with Crippen LogP contribution < -0.4 is 9.64 Å². The Balaban J connectivity index is 1.54. The lowest BCUT2D eigenvalue weighted by atomic mass is 10.1. The fraction of sp³-hybridized carbons (Fsp3) is 0.400. The monoisotopic (exact) mass is 438 g/mol. The van der Waals surface area contributed by atoms with Crippen molar-refractivity contribution in [1.29, 1.82) is 0 Å². The Morgan fingerprint density at radius 1 is 1.06 bits per heavy atom. The van der Waals surface area contributed by atoms with Gasteiger partial charge in [0.05, 0.1) is 7.11 Å². The van der Waals surface area contributed by atoms with E-state index in [9.17, 15) is 9.18 Å². The molecule has 6 nitrogen and oxygen atoms in total. The maximum absolute atomic E-state index is 14.0. The van der Waals surface area contributed by atoms with Crippen molar-refractivity contribution < 1.29 is 13.9 Å². The number of nitrogens with one attached hydrogen (secondary N) is 1. The lowest BCUT2D eigenvalue weighted by Crippen LogP contribution is -2.49. The van der Waals surface area contributed by atoms with Crippen LogP contribution in [0.3, 0.4) is 0 Å². The maximum Gasteiger partial charge on any atom is 0.270 e. The van der Waals surface area contributed by atoms with E-state index >= 15 is 0 Å². The van der Waals surface area contributed by atoms with Crippen molar-refractivity contribution in [2.45, 2.75) is 20.4 Å². The third-order valence-corrected chi connectivity index (χ3v) is 6.36. The summed E-state index contributed by atoms with van der Waals surface area (Å²) in [6.07, 6.45) is 0. The molecule has 3 aromatic rings. The number of fused-ring (bicyclic) bond motifs is 1. The number of aromatic nitrogens is 1. The Morgan fingerprint density at radius 3 is 2.38 bits per heavy atom. The first-order valence-corrected chi connectivity index (χ1v) is 11.2. The van der Waals surface area contributed by atoms with Crippen LogP contribution in [-0.4, -0.2) is 67.1 Å². The van der Waals surface area contributed by atoms with Crippen molar-refractivity contribution >= 4 is 22.5 Å². The zero-order chi connectivity index (χ0) is 22.7. The van der Waals surface area contributed by atoms with Gasteiger partial charge in [-0.1, -0.05) is 13.8 Å². The number of nitrogens with zero attached hydrogens (tertiary/aromatic N) is 3. The van der Waals surface area contributed by atoms with Gasteiger partial charge in [-0.2, -0.15) is 0 Å². The van der Waals surface area contributed by atoms with Gasteiger partial charge in [-0.15, -0.1) is 0 Å². The van der Waals surface area contributed by atoms with E-state index in [1.54, 1.807) is 13.2 Å². The first-order valence-electron chi connectivity index (χ1n) is 11.2. The molecule has 1 aromatic heterocycles. The zero-order valence-electron chi connectivity index (χ0n) is 19.0. The predicted molar refractivity (Wildman–Crippen MR) is 126 cm³/mol. The molecule has 0 bridgehead atoms. The third kappa shape index (κ3) is 4.43. The lowest BCUT2D eigenvalue weighted by molar-refractivity contribution is 0.0739. The number of anilines is 1. The number of hydrogen-bond donors (Lipinski definition) is 1. The Kier molecular flexibility index (Phi) is 6.65. The summed E-state index contributed by atoms with van der Waals surface area (Å²) in [4.78, 5) is 23.2. The van der Waals surface area contributed by atoms with E-state index in [0.717, 1.165) is 54.1 Å². The van der Waals surface area contributed by atoms with E-state index in [2.05, 4.69) is 28.6 Å². The van der Waals surface area contributed by atoms with E-state index in [-0.39, 0.29) is 11.7 Å². The summed E-state index contributed by atoms with van der Waals surface area (Å²) in [5.74, 6) is 0.529. The second kappa shape index (κ2) is 9.61. The highest BCUT2D eigenvalue weighted by Crippen LogP contribution is 2.27. The number of benzene rings is 2. The molecule has 1 aliphatic heterocycles. The van der Waals surface area contributed by atoms with Crippen LogP contribution >= 0.6 is 0 Å². The molecule has 1 fully saturated rings. The largest absolute Gasteiger partial charge is 0.497 e. The van der Waals surface area contributed by atoms with Crippen LogP contribution in [0.1, 0.15) is 29.9 Å². The maximum atomic E-state index is 14.0. The highest BCUT2D eigenvalue weighted by molar-refractivity contribution is 6.01. The molecular weight excluding hydrogens is 407 g/mol. The summed E-state index contributed by atoms with van der Waals surface area (Å²) in [5, 5.41) is 0.789. The third-order valence-electron chi connectivity index (χ3n) is 6.36. The number of hydrogen-bond acceptors (Lipinski definition) is 4. The van der Waals surface area contributed by atoms with Gasteiger partial charge in [0.2, 0.25) is 0 Å². The van der Waals surface area contributed by atoms with E-state index < -0.39 is 0 Å². The number of halogens is 1. The molecule has 4 rings (SSSR count). The van der Waals surface area contributed by atoms with E-state index in [1.165, 1.54) is 12.1 Å². The van der Waals surface area contributed by atoms with Crippen molar-refractivity contribution in [2.75, 3.05) is 51.3 Å². The summed E-state index contributed by atoms with van der Waals surface area (Å²) in [7, 11) is 1.66. The van der Waals surface area contributed by atoms with Crippen molar-refractivity contribution in [2.24, 2.45) is 0 Å². The Bertz CT molecular complexity index is 1070. The second-order valence-electron chi connectivity index (χ2n) is 8.11. The number of carbonyl (C=O) groups is 1. The number of carbonyl (C=O) groups excluding carboxylic acids is 1. The fourth-order valence-electron chi connectivity index (χ4n) is 4.36. The van der Waals surface area contributed by atoms with Crippen LogP contribution in [0, 0.1) is 5.82 Å². The van der Waals surface area contributed by atoms with Crippen LogP contribution in [0.25, 0.3) is 10.9 Å². The van der Waals surface area contributed by atoms with Gasteiger partial charge in [-0.05, 0) is 55.6 Å². The molecular formula is C25H31FN4O2. The Hall–Kier alpha value is -3.06. The molecule has 2 aromatic carbocycles. The SMILES string of the molecule is CCN(CC)Cc1c(C(=O)N2CCN(c3ccc(OC)cc3)CC2)[nH]c2ccc(F)cc12. The number of ether oxygens (including phenoxy) is 1. The van der Waals surface area contributed by atoms with Gasteiger partial charge >= 0.3 is 0 Å². The van der Waals surface area contributed by atoms with Crippen LogP contribution in [-0.2, 0) is 6.54 Å². The molecule has 7 heteroatoms. The first kappa shape index (κ1) is 22.1. The molecule has 1 aliphatic rings. The van der Waals surface area contributed by atoms with Gasteiger partial charge in [0.25, 0.3) is 5.91 Å². The molecule has 2 heterocycles. The highest BCUT2D eigenvalue weighted by Gasteiger charge is 2.27. The van der Waals surface area contributed by atoms with E-state index in [1.807, 2.05) is 29.2 Å². The van der Waals surface area contributed by atoms with Crippen LogP contribution in [0.15, 0.2) is 42.5 Å². The predicted octanol–water partition coefficient (Wildman–Crippen LogP) is 4.12. The van der Waals surface area contributed by atoms with E-state index in [4.69, 9.17) is 4.74 Å². The summed E-state index contributed by atoms with van der Waals surface area (Å²) >= 11 is 0.